The van der Waals surface area contributed by atoms with E-state index in [1.165, 1.54) is 5.56 Å². The second-order valence-electron chi connectivity index (χ2n) is 5.98. The van der Waals surface area contributed by atoms with Gasteiger partial charge in [-0.15, -0.1) is 0 Å². The van der Waals surface area contributed by atoms with Crippen molar-refractivity contribution in [3.05, 3.63) is 35.4 Å². The monoisotopic (exact) mass is 274 g/mol. The van der Waals surface area contributed by atoms with Crippen molar-refractivity contribution in [2.24, 2.45) is 5.41 Å². The second kappa shape index (κ2) is 5.78. The normalized spacial score (nSPS) is 22.3. The number of ketones is 1. The van der Waals surface area contributed by atoms with E-state index in [-0.39, 0.29) is 17.9 Å². The van der Waals surface area contributed by atoms with Crippen LogP contribution in [0.1, 0.15) is 44.2 Å². The molecule has 1 fully saturated rings. The molecule has 1 atom stereocenters. The van der Waals surface area contributed by atoms with Crippen LogP contribution in [0.25, 0.3) is 0 Å². The highest BCUT2D eigenvalue weighted by molar-refractivity contribution is 6.05. The molecule has 108 valence electrons. The lowest BCUT2D eigenvalue weighted by atomic mass is 9.79. The zero-order chi connectivity index (χ0) is 14.8. The fraction of sp³-hybridized carbons (Fsp3) is 0.529. The first-order chi connectivity index (χ1) is 9.44. The molecule has 1 aromatic carbocycles. The van der Waals surface area contributed by atoms with E-state index in [2.05, 4.69) is 0 Å². The number of carbonyl (C=O) groups excluding carboxylic acids is 2. The number of aryl methyl sites for hydroxylation is 1. The number of rotatable bonds is 4. The predicted molar refractivity (Wildman–Crippen MR) is 77.4 cm³/mol. The second-order valence-corrected chi connectivity index (χ2v) is 5.98. The third-order valence-corrected chi connectivity index (χ3v) is 3.90. The average Bonchev–Trinajstić information content (AvgIpc) is 2.74. The molecule has 3 heteroatoms. The Balaban J connectivity index is 2.26. The first kappa shape index (κ1) is 14.8. The van der Waals surface area contributed by atoms with Crippen LogP contribution < -0.4 is 0 Å². The standard InChI is InChI=1S/C17H22O3/c1-12(2)20-16(19)17(10-4-5-15(17)18)11-14-8-6-13(3)7-9-14/h6-9,12H,4-5,10-11H2,1-3H3. The SMILES string of the molecule is Cc1ccc(CC2(C(=O)OC(C)C)CCCC2=O)cc1. The van der Waals surface area contributed by atoms with Crippen molar-refractivity contribution in [2.45, 2.75) is 52.6 Å². The maximum absolute atomic E-state index is 12.4. The van der Waals surface area contributed by atoms with Gasteiger partial charge in [-0.3, -0.25) is 9.59 Å². The highest BCUT2D eigenvalue weighted by Gasteiger charge is 2.49. The minimum atomic E-state index is -0.959. The molecule has 0 spiro atoms. The zero-order valence-electron chi connectivity index (χ0n) is 12.4. The molecule has 1 aromatic rings. The summed E-state index contributed by atoms with van der Waals surface area (Å²) in [4.78, 5) is 24.7. The Labute approximate surface area is 120 Å². The summed E-state index contributed by atoms with van der Waals surface area (Å²) in [6, 6.07) is 8.00. The van der Waals surface area contributed by atoms with Crippen molar-refractivity contribution in [3.63, 3.8) is 0 Å². The van der Waals surface area contributed by atoms with E-state index in [0.29, 0.717) is 19.3 Å². The van der Waals surface area contributed by atoms with Gasteiger partial charge >= 0.3 is 5.97 Å². The van der Waals surface area contributed by atoms with Crippen LogP contribution in [0.3, 0.4) is 0 Å². The molecule has 0 bridgehead atoms. The zero-order valence-corrected chi connectivity index (χ0v) is 12.4. The fourth-order valence-electron chi connectivity index (χ4n) is 2.79. The largest absolute Gasteiger partial charge is 0.462 e. The number of carbonyl (C=O) groups is 2. The van der Waals surface area contributed by atoms with E-state index >= 15 is 0 Å². The van der Waals surface area contributed by atoms with Gasteiger partial charge in [0, 0.05) is 6.42 Å². The van der Waals surface area contributed by atoms with E-state index < -0.39 is 5.41 Å². The molecule has 20 heavy (non-hydrogen) atoms. The molecule has 3 nitrogen and oxygen atoms in total. The molecule has 1 saturated carbocycles. The summed E-state index contributed by atoms with van der Waals surface area (Å²) in [6.45, 7) is 5.65. The topological polar surface area (TPSA) is 43.4 Å². The number of ether oxygens (including phenoxy) is 1. The van der Waals surface area contributed by atoms with E-state index in [0.717, 1.165) is 12.0 Å². The van der Waals surface area contributed by atoms with Crippen molar-refractivity contribution in [2.75, 3.05) is 0 Å². The van der Waals surface area contributed by atoms with Gasteiger partial charge < -0.3 is 4.74 Å². The fourth-order valence-corrected chi connectivity index (χ4v) is 2.79. The molecule has 0 N–H and O–H groups in total. The third-order valence-electron chi connectivity index (χ3n) is 3.90. The number of hydrogen-bond donors (Lipinski definition) is 0. The van der Waals surface area contributed by atoms with E-state index in [1.807, 2.05) is 45.0 Å². The number of hydrogen-bond acceptors (Lipinski definition) is 3. The summed E-state index contributed by atoms with van der Waals surface area (Å²) < 4.78 is 5.34. The summed E-state index contributed by atoms with van der Waals surface area (Å²) in [5.41, 5.74) is 1.23. The molecule has 1 aliphatic carbocycles. The summed E-state index contributed by atoms with van der Waals surface area (Å²) >= 11 is 0. The minimum absolute atomic E-state index is 0.0312. The van der Waals surface area contributed by atoms with Crippen molar-refractivity contribution in [3.8, 4) is 0 Å². The van der Waals surface area contributed by atoms with Crippen LogP contribution in [-0.4, -0.2) is 17.9 Å². The average molecular weight is 274 g/mol. The Bertz CT molecular complexity index is 501. The predicted octanol–water partition coefficient (Wildman–Crippen LogP) is 3.23. The van der Waals surface area contributed by atoms with Gasteiger partial charge in [0.2, 0.25) is 0 Å². The van der Waals surface area contributed by atoms with Gasteiger partial charge in [-0.05, 0) is 45.6 Å². The molecule has 0 radical (unpaired) electrons. The summed E-state index contributed by atoms with van der Waals surface area (Å²) in [5, 5.41) is 0. The lowest BCUT2D eigenvalue weighted by Crippen LogP contribution is -2.40. The van der Waals surface area contributed by atoms with E-state index in [9.17, 15) is 9.59 Å². The van der Waals surface area contributed by atoms with Crippen molar-refractivity contribution in [1.82, 2.24) is 0 Å². The first-order valence-electron chi connectivity index (χ1n) is 7.24. The Morgan fingerprint density at radius 1 is 1.30 bits per heavy atom. The van der Waals surface area contributed by atoms with Crippen LogP contribution in [0, 0.1) is 12.3 Å². The van der Waals surface area contributed by atoms with Gasteiger partial charge in [-0.2, -0.15) is 0 Å². The lowest BCUT2D eigenvalue weighted by Gasteiger charge is -2.26. The summed E-state index contributed by atoms with van der Waals surface area (Å²) in [6.07, 6.45) is 2.13. The number of benzene rings is 1. The summed E-state index contributed by atoms with van der Waals surface area (Å²) in [5.74, 6) is -0.320. The van der Waals surface area contributed by atoms with Gasteiger partial charge in [0.05, 0.1) is 6.10 Å². The van der Waals surface area contributed by atoms with Crippen LogP contribution >= 0.6 is 0 Å². The minimum Gasteiger partial charge on any atom is -0.462 e. The smallest absolute Gasteiger partial charge is 0.320 e. The van der Waals surface area contributed by atoms with Crippen LogP contribution in [0.2, 0.25) is 0 Å². The Morgan fingerprint density at radius 3 is 2.45 bits per heavy atom. The Kier molecular flexibility index (Phi) is 4.26. The highest BCUT2D eigenvalue weighted by Crippen LogP contribution is 2.39. The third kappa shape index (κ3) is 2.92. The number of Topliss-reactive ketones (excluding diaryl/α,β-unsaturated/α-hetero) is 1. The molecule has 0 heterocycles. The van der Waals surface area contributed by atoms with Crippen LogP contribution in [0.4, 0.5) is 0 Å². The van der Waals surface area contributed by atoms with Gasteiger partial charge in [0.1, 0.15) is 5.41 Å². The van der Waals surface area contributed by atoms with Crippen molar-refractivity contribution in [1.29, 1.82) is 0 Å². The van der Waals surface area contributed by atoms with E-state index in [1.54, 1.807) is 0 Å². The first-order valence-corrected chi connectivity index (χ1v) is 7.24. The molecular weight excluding hydrogens is 252 g/mol. The molecule has 0 amide bonds. The van der Waals surface area contributed by atoms with Crippen LogP contribution in [-0.2, 0) is 20.7 Å². The number of esters is 1. The quantitative estimate of drug-likeness (QED) is 0.625. The summed E-state index contributed by atoms with van der Waals surface area (Å²) in [7, 11) is 0. The maximum atomic E-state index is 12.4. The van der Waals surface area contributed by atoms with Crippen molar-refractivity contribution >= 4 is 11.8 Å². The van der Waals surface area contributed by atoms with Crippen LogP contribution in [0.5, 0.6) is 0 Å². The van der Waals surface area contributed by atoms with Crippen molar-refractivity contribution < 1.29 is 14.3 Å². The molecule has 1 unspecified atom stereocenters. The highest BCUT2D eigenvalue weighted by atomic mass is 16.5. The van der Waals surface area contributed by atoms with Gasteiger partial charge in [0.15, 0.2) is 5.78 Å². The van der Waals surface area contributed by atoms with Gasteiger partial charge in [-0.1, -0.05) is 29.8 Å². The maximum Gasteiger partial charge on any atom is 0.320 e. The van der Waals surface area contributed by atoms with E-state index in [4.69, 9.17) is 4.74 Å². The molecular formula is C17H22O3. The molecule has 0 saturated heterocycles. The Hall–Kier alpha value is -1.64. The molecule has 2 rings (SSSR count). The Morgan fingerprint density at radius 2 is 1.95 bits per heavy atom. The molecule has 1 aliphatic rings. The molecule has 0 aliphatic heterocycles. The van der Waals surface area contributed by atoms with Crippen LogP contribution in [0.15, 0.2) is 24.3 Å². The lowest BCUT2D eigenvalue weighted by molar-refractivity contribution is -0.162. The van der Waals surface area contributed by atoms with Gasteiger partial charge in [-0.25, -0.2) is 0 Å². The van der Waals surface area contributed by atoms with Gasteiger partial charge in [0.25, 0.3) is 0 Å². The molecule has 0 aromatic heterocycles.